The molecule has 2 aliphatic rings. The lowest BCUT2D eigenvalue weighted by molar-refractivity contribution is -0.155. The number of aryl methyl sites for hydroxylation is 1. The normalized spacial score (nSPS) is 21.6. The van der Waals surface area contributed by atoms with Gasteiger partial charge in [0.05, 0.1) is 19.3 Å². The smallest absolute Gasteiger partial charge is 0.105 e. The van der Waals surface area contributed by atoms with Crippen LogP contribution < -0.4 is 5.32 Å². The first kappa shape index (κ1) is 12.2. The molecule has 1 aromatic rings. The third kappa shape index (κ3) is 3.10. The summed E-state index contributed by atoms with van der Waals surface area (Å²) in [6.07, 6.45) is 3.05. The SMILES string of the molecule is Cc1ccc(C(CNC2CC2)OC2COC2)cc1. The van der Waals surface area contributed by atoms with Crippen LogP contribution in [0.1, 0.15) is 30.1 Å². The predicted octanol–water partition coefficient (Wildman–Crippen LogP) is 2.20. The van der Waals surface area contributed by atoms with Gasteiger partial charge in [-0.1, -0.05) is 29.8 Å². The van der Waals surface area contributed by atoms with Crippen LogP contribution in [-0.4, -0.2) is 31.9 Å². The Morgan fingerprint density at radius 2 is 2.00 bits per heavy atom. The number of hydrogen-bond donors (Lipinski definition) is 1. The molecule has 0 spiro atoms. The third-order valence-corrected chi connectivity index (χ3v) is 3.58. The summed E-state index contributed by atoms with van der Waals surface area (Å²) in [5.74, 6) is 0. The Bertz CT molecular complexity index is 382. The minimum Gasteiger partial charge on any atom is -0.376 e. The van der Waals surface area contributed by atoms with Gasteiger partial charge in [0.25, 0.3) is 0 Å². The van der Waals surface area contributed by atoms with E-state index in [4.69, 9.17) is 9.47 Å². The van der Waals surface area contributed by atoms with E-state index >= 15 is 0 Å². The first-order valence-corrected chi connectivity index (χ1v) is 6.84. The molecular weight excluding hydrogens is 226 g/mol. The first-order valence-electron chi connectivity index (χ1n) is 6.84. The highest BCUT2D eigenvalue weighted by atomic mass is 16.6. The topological polar surface area (TPSA) is 30.5 Å². The second kappa shape index (κ2) is 5.39. The van der Waals surface area contributed by atoms with E-state index in [1.54, 1.807) is 0 Å². The van der Waals surface area contributed by atoms with Gasteiger partial charge in [0.15, 0.2) is 0 Å². The second-order valence-electron chi connectivity index (χ2n) is 5.38. The van der Waals surface area contributed by atoms with Gasteiger partial charge in [-0.2, -0.15) is 0 Å². The summed E-state index contributed by atoms with van der Waals surface area (Å²) in [4.78, 5) is 0. The molecule has 1 unspecified atom stereocenters. The van der Waals surface area contributed by atoms with Crippen LogP contribution in [0.4, 0.5) is 0 Å². The molecule has 3 rings (SSSR count). The van der Waals surface area contributed by atoms with Gasteiger partial charge in [-0.15, -0.1) is 0 Å². The minimum absolute atomic E-state index is 0.153. The maximum absolute atomic E-state index is 6.10. The Hall–Kier alpha value is -0.900. The van der Waals surface area contributed by atoms with E-state index in [0.29, 0.717) is 0 Å². The van der Waals surface area contributed by atoms with E-state index in [0.717, 1.165) is 25.8 Å². The molecule has 1 saturated heterocycles. The second-order valence-corrected chi connectivity index (χ2v) is 5.38. The Morgan fingerprint density at radius 3 is 2.56 bits per heavy atom. The van der Waals surface area contributed by atoms with E-state index in [2.05, 4.69) is 36.5 Å². The summed E-state index contributed by atoms with van der Waals surface area (Å²) in [6.45, 7) is 4.50. The molecule has 1 aliphatic heterocycles. The van der Waals surface area contributed by atoms with Crippen molar-refractivity contribution in [1.82, 2.24) is 5.32 Å². The van der Waals surface area contributed by atoms with Crippen LogP contribution in [0.5, 0.6) is 0 Å². The van der Waals surface area contributed by atoms with Crippen LogP contribution in [0.15, 0.2) is 24.3 Å². The van der Waals surface area contributed by atoms with Gasteiger partial charge < -0.3 is 14.8 Å². The van der Waals surface area contributed by atoms with Crippen molar-refractivity contribution in [1.29, 1.82) is 0 Å². The minimum atomic E-state index is 0.153. The van der Waals surface area contributed by atoms with Crippen LogP contribution in [0.25, 0.3) is 0 Å². The van der Waals surface area contributed by atoms with Crippen LogP contribution in [0, 0.1) is 6.92 Å². The van der Waals surface area contributed by atoms with Crippen molar-refractivity contribution in [3.05, 3.63) is 35.4 Å². The maximum atomic E-state index is 6.10. The molecule has 1 saturated carbocycles. The average molecular weight is 247 g/mol. The molecule has 0 radical (unpaired) electrons. The van der Waals surface area contributed by atoms with Crippen LogP contribution in [0.3, 0.4) is 0 Å². The molecule has 1 aliphatic carbocycles. The summed E-state index contributed by atoms with van der Waals surface area (Å²) in [5, 5.41) is 3.56. The van der Waals surface area contributed by atoms with E-state index in [1.165, 1.54) is 24.0 Å². The number of hydrogen-bond acceptors (Lipinski definition) is 3. The molecule has 3 nitrogen and oxygen atoms in total. The molecule has 0 aromatic heterocycles. The zero-order valence-corrected chi connectivity index (χ0v) is 10.9. The summed E-state index contributed by atoms with van der Waals surface area (Å²) in [7, 11) is 0. The fourth-order valence-electron chi connectivity index (χ4n) is 2.11. The van der Waals surface area contributed by atoms with Gasteiger partial charge in [0, 0.05) is 12.6 Å². The Morgan fingerprint density at radius 1 is 1.28 bits per heavy atom. The molecule has 1 atom stereocenters. The molecule has 2 fully saturated rings. The molecule has 1 heterocycles. The Labute approximate surface area is 108 Å². The fourth-order valence-corrected chi connectivity index (χ4v) is 2.11. The van der Waals surface area contributed by atoms with E-state index in [9.17, 15) is 0 Å². The van der Waals surface area contributed by atoms with Crippen molar-refractivity contribution in [2.75, 3.05) is 19.8 Å². The molecule has 0 bridgehead atoms. The van der Waals surface area contributed by atoms with Crippen molar-refractivity contribution in [3.8, 4) is 0 Å². The zero-order valence-electron chi connectivity index (χ0n) is 10.9. The molecule has 0 amide bonds. The lowest BCUT2D eigenvalue weighted by Crippen LogP contribution is -2.39. The molecule has 18 heavy (non-hydrogen) atoms. The monoisotopic (exact) mass is 247 g/mol. The summed E-state index contributed by atoms with van der Waals surface area (Å²) < 4.78 is 11.3. The van der Waals surface area contributed by atoms with Gasteiger partial charge in [0.1, 0.15) is 6.10 Å². The Balaban J connectivity index is 1.63. The van der Waals surface area contributed by atoms with Gasteiger partial charge in [-0.3, -0.25) is 0 Å². The first-order chi connectivity index (χ1) is 8.81. The number of rotatable bonds is 6. The van der Waals surface area contributed by atoms with Crippen molar-refractivity contribution in [3.63, 3.8) is 0 Å². The van der Waals surface area contributed by atoms with E-state index < -0.39 is 0 Å². The van der Waals surface area contributed by atoms with Crippen LogP contribution in [0.2, 0.25) is 0 Å². The van der Waals surface area contributed by atoms with Gasteiger partial charge >= 0.3 is 0 Å². The van der Waals surface area contributed by atoms with Gasteiger partial charge in [0.2, 0.25) is 0 Å². The lowest BCUT2D eigenvalue weighted by Gasteiger charge is -2.31. The quantitative estimate of drug-likeness (QED) is 0.836. The predicted molar refractivity (Wildman–Crippen MR) is 70.6 cm³/mol. The number of nitrogens with one attached hydrogen (secondary N) is 1. The van der Waals surface area contributed by atoms with Crippen LogP contribution >= 0.6 is 0 Å². The van der Waals surface area contributed by atoms with E-state index in [-0.39, 0.29) is 12.2 Å². The highest BCUT2D eigenvalue weighted by molar-refractivity contribution is 5.23. The van der Waals surface area contributed by atoms with Crippen molar-refractivity contribution >= 4 is 0 Å². The molecule has 3 heteroatoms. The van der Waals surface area contributed by atoms with E-state index in [1.807, 2.05) is 0 Å². The summed E-state index contributed by atoms with van der Waals surface area (Å²) >= 11 is 0. The fraction of sp³-hybridized carbons (Fsp3) is 0.600. The molecular formula is C15H21NO2. The molecule has 1 aromatic carbocycles. The maximum Gasteiger partial charge on any atom is 0.105 e. The van der Waals surface area contributed by atoms with Crippen molar-refractivity contribution < 1.29 is 9.47 Å². The third-order valence-electron chi connectivity index (χ3n) is 3.58. The largest absolute Gasteiger partial charge is 0.376 e. The van der Waals surface area contributed by atoms with Gasteiger partial charge in [-0.05, 0) is 25.3 Å². The van der Waals surface area contributed by atoms with Crippen molar-refractivity contribution in [2.45, 2.75) is 38.0 Å². The summed E-state index contributed by atoms with van der Waals surface area (Å²) in [5.41, 5.74) is 2.56. The zero-order chi connectivity index (χ0) is 12.4. The number of ether oxygens (including phenoxy) is 2. The molecule has 98 valence electrons. The lowest BCUT2D eigenvalue weighted by atomic mass is 10.1. The number of benzene rings is 1. The Kier molecular flexibility index (Phi) is 3.64. The highest BCUT2D eigenvalue weighted by Gasteiger charge is 2.27. The average Bonchev–Trinajstić information content (AvgIpc) is 3.12. The summed E-state index contributed by atoms with van der Waals surface area (Å²) in [6, 6.07) is 9.38. The molecule has 1 N–H and O–H groups in total. The highest BCUT2D eigenvalue weighted by Crippen LogP contribution is 2.24. The van der Waals surface area contributed by atoms with Crippen molar-refractivity contribution in [2.24, 2.45) is 0 Å². The van der Waals surface area contributed by atoms with Gasteiger partial charge in [-0.25, -0.2) is 0 Å². The van der Waals surface area contributed by atoms with Crippen LogP contribution in [-0.2, 0) is 9.47 Å². The standard InChI is InChI=1S/C15H21NO2/c1-11-2-4-12(5-3-11)15(8-16-13-6-7-13)18-14-9-17-10-14/h2-5,13-16H,6-10H2,1H3.